The number of aromatic nitrogens is 7. The number of piperidine rings is 1. The Morgan fingerprint density at radius 2 is 2.03 bits per heavy atom. The van der Waals surface area contributed by atoms with Crippen LogP contribution in [0, 0.1) is 13.8 Å². The molecule has 0 atom stereocenters. The number of rotatable bonds is 5. The SMILES string of the molecule is Cc1cnn(C2CCN(C(=O)/C=C/c3ccc(Cl)cc3Cn3nnc(C)n3)CC2)n1. The van der Waals surface area contributed by atoms with Crippen LogP contribution in [0.4, 0.5) is 0 Å². The molecule has 30 heavy (non-hydrogen) atoms. The van der Waals surface area contributed by atoms with Gasteiger partial charge in [-0.25, -0.2) is 0 Å². The maximum Gasteiger partial charge on any atom is 0.246 e. The van der Waals surface area contributed by atoms with Crippen molar-refractivity contribution in [3.8, 4) is 0 Å². The third-order valence-electron chi connectivity index (χ3n) is 5.10. The Morgan fingerprint density at radius 3 is 2.70 bits per heavy atom. The minimum atomic E-state index is -0.00585. The molecule has 3 aromatic rings. The molecule has 0 N–H and O–H groups in total. The van der Waals surface area contributed by atoms with Crippen molar-refractivity contribution in [3.05, 3.63) is 58.1 Å². The number of aryl methyl sites for hydroxylation is 2. The number of benzene rings is 1. The zero-order chi connectivity index (χ0) is 21.1. The van der Waals surface area contributed by atoms with Crippen molar-refractivity contribution >= 4 is 23.6 Å². The minimum Gasteiger partial charge on any atom is -0.339 e. The maximum atomic E-state index is 12.7. The molecule has 1 aliphatic rings. The van der Waals surface area contributed by atoms with Gasteiger partial charge in [-0.2, -0.15) is 19.8 Å². The lowest BCUT2D eigenvalue weighted by Gasteiger charge is -2.30. The number of hydrogen-bond acceptors (Lipinski definition) is 6. The summed E-state index contributed by atoms with van der Waals surface area (Å²) >= 11 is 6.16. The minimum absolute atomic E-state index is 0.00585. The molecule has 0 unspecified atom stereocenters. The van der Waals surface area contributed by atoms with Gasteiger partial charge in [0, 0.05) is 24.2 Å². The van der Waals surface area contributed by atoms with Crippen LogP contribution in [0.1, 0.15) is 41.5 Å². The Morgan fingerprint density at radius 1 is 1.23 bits per heavy atom. The first-order valence-corrected chi connectivity index (χ1v) is 10.2. The van der Waals surface area contributed by atoms with E-state index in [9.17, 15) is 4.79 Å². The monoisotopic (exact) mass is 426 g/mol. The number of tetrazole rings is 1. The molecular weight excluding hydrogens is 404 g/mol. The predicted octanol–water partition coefficient (Wildman–Crippen LogP) is 2.46. The van der Waals surface area contributed by atoms with E-state index < -0.39 is 0 Å². The van der Waals surface area contributed by atoms with Crippen LogP contribution in [0.25, 0.3) is 6.08 Å². The van der Waals surface area contributed by atoms with Gasteiger partial charge in [-0.3, -0.25) is 4.79 Å². The quantitative estimate of drug-likeness (QED) is 0.581. The van der Waals surface area contributed by atoms with E-state index in [0.717, 1.165) is 29.7 Å². The highest BCUT2D eigenvalue weighted by Gasteiger charge is 2.23. The first-order chi connectivity index (χ1) is 14.5. The molecule has 4 rings (SSSR count). The number of likely N-dealkylation sites (tertiary alicyclic amines) is 1. The third-order valence-corrected chi connectivity index (χ3v) is 5.34. The van der Waals surface area contributed by atoms with Gasteiger partial charge in [0.25, 0.3) is 0 Å². The summed E-state index contributed by atoms with van der Waals surface area (Å²) in [4.78, 5) is 17.8. The van der Waals surface area contributed by atoms with Crippen LogP contribution in [0.5, 0.6) is 0 Å². The van der Waals surface area contributed by atoms with Gasteiger partial charge in [0.1, 0.15) is 0 Å². The third kappa shape index (κ3) is 4.73. The van der Waals surface area contributed by atoms with Crippen molar-refractivity contribution in [2.45, 2.75) is 39.3 Å². The number of nitrogens with zero attached hydrogens (tertiary/aromatic N) is 8. The molecule has 1 amide bonds. The van der Waals surface area contributed by atoms with Gasteiger partial charge in [-0.1, -0.05) is 17.7 Å². The number of carbonyl (C=O) groups is 1. The number of amides is 1. The van der Waals surface area contributed by atoms with Gasteiger partial charge in [0.05, 0.1) is 24.5 Å². The fraction of sp³-hybridized carbons (Fsp3) is 0.400. The van der Waals surface area contributed by atoms with Crippen molar-refractivity contribution in [1.82, 2.24) is 40.1 Å². The molecule has 0 saturated carbocycles. The van der Waals surface area contributed by atoms with Crippen molar-refractivity contribution < 1.29 is 4.79 Å². The van der Waals surface area contributed by atoms with Gasteiger partial charge in [0.15, 0.2) is 5.82 Å². The highest BCUT2D eigenvalue weighted by Crippen LogP contribution is 2.22. The average molecular weight is 427 g/mol. The molecule has 0 aliphatic carbocycles. The van der Waals surface area contributed by atoms with E-state index in [0.29, 0.717) is 30.5 Å². The van der Waals surface area contributed by atoms with Crippen LogP contribution in [0.15, 0.2) is 30.5 Å². The van der Waals surface area contributed by atoms with E-state index in [2.05, 4.69) is 25.6 Å². The van der Waals surface area contributed by atoms with Crippen LogP contribution < -0.4 is 0 Å². The summed E-state index contributed by atoms with van der Waals surface area (Å²) in [5.41, 5.74) is 2.73. The fourth-order valence-corrected chi connectivity index (χ4v) is 3.73. The highest BCUT2D eigenvalue weighted by molar-refractivity contribution is 6.30. The van der Waals surface area contributed by atoms with Gasteiger partial charge in [-0.05, 0) is 61.2 Å². The molecule has 2 aromatic heterocycles. The van der Waals surface area contributed by atoms with Crippen molar-refractivity contribution in [1.29, 1.82) is 0 Å². The maximum absolute atomic E-state index is 12.7. The number of carbonyl (C=O) groups excluding carboxylic acids is 1. The van der Waals surface area contributed by atoms with Crippen LogP contribution in [0.3, 0.4) is 0 Å². The van der Waals surface area contributed by atoms with E-state index in [1.54, 1.807) is 30.1 Å². The summed E-state index contributed by atoms with van der Waals surface area (Å²) < 4.78 is 0. The largest absolute Gasteiger partial charge is 0.339 e. The van der Waals surface area contributed by atoms with Crippen molar-refractivity contribution in [2.24, 2.45) is 0 Å². The highest BCUT2D eigenvalue weighted by atomic mass is 35.5. The normalized spacial score (nSPS) is 15.2. The Labute approximate surface area is 179 Å². The molecule has 9 nitrogen and oxygen atoms in total. The number of halogens is 1. The van der Waals surface area contributed by atoms with Crippen LogP contribution in [-0.2, 0) is 11.3 Å². The second-order valence-electron chi connectivity index (χ2n) is 7.41. The molecule has 0 spiro atoms. The summed E-state index contributed by atoms with van der Waals surface area (Å²) in [5, 5.41) is 21.4. The predicted molar refractivity (Wildman–Crippen MR) is 112 cm³/mol. The lowest BCUT2D eigenvalue weighted by atomic mass is 10.0. The molecule has 156 valence electrons. The van der Waals surface area contributed by atoms with Crippen LogP contribution in [-0.4, -0.2) is 59.1 Å². The molecule has 10 heteroatoms. The Balaban J connectivity index is 1.40. The van der Waals surface area contributed by atoms with Crippen molar-refractivity contribution in [3.63, 3.8) is 0 Å². The first-order valence-electron chi connectivity index (χ1n) is 9.86. The molecule has 0 radical (unpaired) electrons. The van der Waals surface area contributed by atoms with E-state index in [-0.39, 0.29) is 11.9 Å². The summed E-state index contributed by atoms with van der Waals surface area (Å²) in [6.07, 6.45) is 6.89. The second-order valence-corrected chi connectivity index (χ2v) is 7.84. The van der Waals surface area contributed by atoms with Crippen LogP contribution in [0.2, 0.25) is 5.02 Å². The van der Waals surface area contributed by atoms with E-state index >= 15 is 0 Å². The van der Waals surface area contributed by atoms with E-state index in [1.165, 1.54) is 4.80 Å². The van der Waals surface area contributed by atoms with E-state index in [4.69, 9.17) is 11.6 Å². The lowest BCUT2D eigenvalue weighted by Crippen LogP contribution is -2.38. The zero-order valence-electron chi connectivity index (χ0n) is 16.9. The molecule has 3 heterocycles. The summed E-state index contributed by atoms with van der Waals surface area (Å²) in [7, 11) is 0. The zero-order valence-corrected chi connectivity index (χ0v) is 17.7. The number of hydrogen-bond donors (Lipinski definition) is 0. The Kier molecular flexibility index (Phi) is 5.89. The summed E-state index contributed by atoms with van der Waals surface area (Å²) in [6.45, 7) is 5.51. The molecule has 1 aromatic carbocycles. The van der Waals surface area contributed by atoms with Gasteiger partial charge >= 0.3 is 0 Å². The Bertz CT molecular complexity index is 1060. The first kappa shape index (κ1) is 20.2. The molecule has 1 aliphatic heterocycles. The molecule has 0 bridgehead atoms. The standard InChI is InChI=1S/C20H23ClN8O/c1-14-12-22-29(24-14)19-7-9-27(10-8-19)20(30)6-4-16-3-5-18(21)11-17(16)13-28-25-15(2)23-26-28/h3-6,11-12,19H,7-10,13H2,1-2H3/b6-4+. The van der Waals surface area contributed by atoms with Gasteiger partial charge in [0.2, 0.25) is 5.91 Å². The average Bonchev–Trinajstić information content (AvgIpc) is 3.35. The molecule has 1 saturated heterocycles. The lowest BCUT2D eigenvalue weighted by molar-refractivity contribution is -0.127. The molecule has 1 fully saturated rings. The van der Waals surface area contributed by atoms with E-state index in [1.807, 2.05) is 30.0 Å². The van der Waals surface area contributed by atoms with Crippen LogP contribution >= 0.6 is 11.6 Å². The van der Waals surface area contributed by atoms with Gasteiger partial charge < -0.3 is 4.90 Å². The topological polar surface area (TPSA) is 94.6 Å². The smallest absolute Gasteiger partial charge is 0.246 e. The molecular formula is C20H23ClN8O. The fourth-order valence-electron chi connectivity index (χ4n) is 3.53. The second kappa shape index (κ2) is 8.74. The summed E-state index contributed by atoms with van der Waals surface area (Å²) in [5.74, 6) is 0.599. The Hall–Kier alpha value is -3.07. The summed E-state index contributed by atoms with van der Waals surface area (Å²) in [6, 6.07) is 5.80. The van der Waals surface area contributed by atoms with Crippen molar-refractivity contribution in [2.75, 3.05) is 13.1 Å². The van der Waals surface area contributed by atoms with Gasteiger partial charge in [-0.15, -0.1) is 10.2 Å².